The van der Waals surface area contributed by atoms with Crippen molar-refractivity contribution in [3.63, 3.8) is 0 Å². The van der Waals surface area contributed by atoms with Crippen molar-refractivity contribution >= 4 is 0 Å². The second-order valence-corrected chi connectivity index (χ2v) is 8.02. The van der Waals surface area contributed by atoms with E-state index < -0.39 is 0 Å². The molecule has 4 aromatic rings. The minimum Gasteiger partial charge on any atom is -0.233 e. The molecule has 0 atom stereocenters. The Hall–Kier alpha value is -3.26. The predicted octanol–water partition coefficient (Wildman–Crippen LogP) is 6.43. The van der Waals surface area contributed by atoms with E-state index in [2.05, 4.69) is 79.5 Å². The molecule has 0 aliphatic heterocycles. The lowest BCUT2D eigenvalue weighted by Gasteiger charge is -2.21. The fourth-order valence-electron chi connectivity index (χ4n) is 4.31. The highest BCUT2D eigenvalue weighted by Crippen LogP contribution is 2.49. The molecule has 1 aromatic heterocycles. The van der Waals surface area contributed by atoms with Gasteiger partial charge in [0.1, 0.15) is 0 Å². The maximum absolute atomic E-state index is 4.88. The predicted molar refractivity (Wildman–Crippen MR) is 115 cm³/mol. The summed E-state index contributed by atoms with van der Waals surface area (Å²) in [6.45, 7) is 6.64. The lowest BCUT2D eigenvalue weighted by Crippen LogP contribution is -2.14. The average Bonchev–Trinajstić information content (AvgIpc) is 2.95. The Kier molecular flexibility index (Phi) is 3.70. The molecule has 28 heavy (non-hydrogen) atoms. The summed E-state index contributed by atoms with van der Waals surface area (Å²) in [6.07, 6.45) is 0. The lowest BCUT2D eigenvalue weighted by atomic mass is 9.82. The van der Waals surface area contributed by atoms with Gasteiger partial charge in [-0.05, 0) is 41.3 Å². The van der Waals surface area contributed by atoms with Gasteiger partial charge < -0.3 is 0 Å². The van der Waals surface area contributed by atoms with Crippen LogP contribution >= 0.6 is 0 Å². The quantitative estimate of drug-likeness (QED) is 0.411. The summed E-state index contributed by atoms with van der Waals surface area (Å²) < 4.78 is 0. The first-order chi connectivity index (χ1) is 13.5. The van der Waals surface area contributed by atoms with Gasteiger partial charge in [-0.15, -0.1) is 0 Å². The smallest absolute Gasteiger partial charge is 0.160 e. The van der Waals surface area contributed by atoms with E-state index in [1.54, 1.807) is 0 Å². The third-order valence-electron chi connectivity index (χ3n) is 5.77. The number of hydrogen-bond acceptors (Lipinski definition) is 2. The van der Waals surface area contributed by atoms with Crippen LogP contribution in [-0.2, 0) is 5.41 Å². The summed E-state index contributed by atoms with van der Waals surface area (Å²) in [5.74, 6) is 0.775. The van der Waals surface area contributed by atoms with E-state index in [0.717, 1.165) is 28.3 Å². The summed E-state index contributed by atoms with van der Waals surface area (Å²) in [6, 6.07) is 27.7. The van der Waals surface area contributed by atoms with Crippen molar-refractivity contribution < 1.29 is 0 Å². The molecule has 0 saturated heterocycles. The summed E-state index contributed by atoms with van der Waals surface area (Å²) in [7, 11) is 0. The number of aryl methyl sites for hydroxylation is 1. The van der Waals surface area contributed by atoms with Crippen molar-refractivity contribution in [3.8, 4) is 33.8 Å². The molecule has 0 N–H and O–H groups in total. The Morgan fingerprint density at radius 2 is 1.36 bits per heavy atom. The Morgan fingerprint density at radius 3 is 2.18 bits per heavy atom. The molecule has 0 saturated carbocycles. The lowest BCUT2D eigenvalue weighted by molar-refractivity contribution is 0.660. The van der Waals surface area contributed by atoms with Crippen LogP contribution in [0.25, 0.3) is 33.8 Å². The molecule has 1 aliphatic carbocycles. The summed E-state index contributed by atoms with van der Waals surface area (Å²) in [5, 5.41) is 0. The number of rotatable bonds is 2. The fraction of sp³-hybridized carbons (Fsp3) is 0.154. The van der Waals surface area contributed by atoms with Crippen LogP contribution in [0.3, 0.4) is 0 Å². The molecule has 0 amide bonds. The number of fused-ring (bicyclic) bond motifs is 3. The largest absolute Gasteiger partial charge is 0.233 e. The number of hydrogen-bond donors (Lipinski definition) is 0. The van der Waals surface area contributed by atoms with Gasteiger partial charge in [0.25, 0.3) is 0 Å². The molecule has 0 spiro atoms. The van der Waals surface area contributed by atoms with Crippen molar-refractivity contribution in [3.05, 3.63) is 95.7 Å². The zero-order chi connectivity index (χ0) is 19.3. The molecule has 136 valence electrons. The first-order valence-corrected chi connectivity index (χ1v) is 9.70. The van der Waals surface area contributed by atoms with Gasteiger partial charge in [-0.1, -0.05) is 80.6 Å². The van der Waals surface area contributed by atoms with E-state index in [1.165, 1.54) is 22.3 Å². The van der Waals surface area contributed by atoms with Gasteiger partial charge in [-0.3, -0.25) is 0 Å². The van der Waals surface area contributed by atoms with Crippen molar-refractivity contribution in [2.45, 2.75) is 26.2 Å². The van der Waals surface area contributed by atoms with Crippen LogP contribution < -0.4 is 0 Å². The van der Waals surface area contributed by atoms with Crippen molar-refractivity contribution in [2.75, 3.05) is 0 Å². The number of nitrogens with zero attached hydrogens (tertiary/aromatic N) is 2. The van der Waals surface area contributed by atoms with E-state index in [4.69, 9.17) is 4.98 Å². The average molecular weight is 362 g/mol. The van der Waals surface area contributed by atoms with E-state index >= 15 is 0 Å². The third kappa shape index (κ3) is 2.56. The normalized spacial score (nSPS) is 13.8. The van der Waals surface area contributed by atoms with Crippen LogP contribution in [0.2, 0.25) is 0 Å². The highest BCUT2D eigenvalue weighted by atomic mass is 14.9. The molecule has 0 unspecified atom stereocenters. The van der Waals surface area contributed by atoms with Gasteiger partial charge in [-0.2, -0.15) is 0 Å². The van der Waals surface area contributed by atoms with Crippen LogP contribution in [0, 0.1) is 6.92 Å². The molecule has 2 nitrogen and oxygen atoms in total. The van der Waals surface area contributed by atoms with Crippen molar-refractivity contribution in [1.82, 2.24) is 9.97 Å². The monoisotopic (exact) mass is 362 g/mol. The number of aromatic nitrogens is 2. The minimum absolute atomic E-state index is 0.0290. The van der Waals surface area contributed by atoms with E-state index in [1.807, 2.05) is 25.1 Å². The van der Waals surface area contributed by atoms with Crippen LogP contribution in [0.4, 0.5) is 0 Å². The third-order valence-corrected chi connectivity index (χ3v) is 5.77. The fourth-order valence-corrected chi connectivity index (χ4v) is 4.31. The van der Waals surface area contributed by atoms with Crippen LogP contribution in [-0.4, -0.2) is 9.97 Å². The van der Waals surface area contributed by atoms with Gasteiger partial charge in [0.15, 0.2) is 5.82 Å². The van der Waals surface area contributed by atoms with Crippen molar-refractivity contribution in [1.29, 1.82) is 0 Å². The van der Waals surface area contributed by atoms with Gasteiger partial charge in [0.2, 0.25) is 0 Å². The highest BCUT2D eigenvalue weighted by Gasteiger charge is 2.35. The van der Waals surface area contributed by atoms with Crippen molar-refractivity contribution in [2.24, 2.45) is 0 Å². The molecule has 0 radical (unpaired) electrons. The molecular weight excluding hydrogens is 340 g/mol. The Balaban J connectivity index is 1.67. The summed E-state index contributed by atoms with van der Waals surface area (Å²) in [5.41, 5.74) is 9.57. The van der Waals surface area contributed by atoms with Gasteiger partial charge >= 0.3 is 0 Å². The van der Waals surface area contributed by atoms with Gasteiger partial charge in [0, 0.05) is 22.2 Å². The molecular formula is C26H22N2. The topological polar surface area (TPSA) is 25.8 Å². The Bertz CT molecular complexity index is 1190. The molecule has 2 heteroatoms. The molecule has 5 rings (SSSR count). The zero-order valence-electron chi connectivity index (χ0n) is 16.4. The first kappa shape index (κ1) is 16.9. The Labute approximate surface area is 165 Å². The van der Waals surface area contributed by atoms with Crippen LogP contribution in [0.1, 0.15) is 30.7 Å². The summed E-state index contributed by atoms with van der Waals surface area (Å²) >= 11 is 0. The number of benzene rings is 3. The van der Waals surface area contributed by atoms with E-state index in [0.29, 0.717) is 0 Å². The van der Waals surface area contributed by atoms with Crippen LogP contribution in [0.5, 0.6) is 0 Å². The standard InChI is InChI=1S/C26H22N2/c1-17-15-24(28-25(27-17)18-9-5-4-6-10-18)19-13-14-23-21(16-19)20-11-7-8-12-22(20)26(23,2)3/h4-16H,1-3H3. The van der Waals surface area contributed by atoms with E-state index in [-0.39, 0.29) is 5.41 Å². The van der Waals surface area contributed by atoms with Gasteiger partial charge in [-0.25, -0.2) is 9.97 Å². The minimum atomic E-state index is 0.0290. The molecule has 0 bridgehead atoms. The van der Waals surface area contributed by atoms with Gasteiger partial charge in [0.05, 0.1) is 5.69 Å². The second kappa shape index (κ2) is 6.13. The zero-order valence-corrected chi connectivity index (χ0v) is 16.4. The Morgan fingerprint density at radius 1 is 0.643 bits per heavy atom. The van der Waals surface area contributed by atoms with E-state index in [9.17, 15) is 0 Å². The maximum atomic E-state index is 4.88. The highest BCUT2D eigenvalue weighted by molar-refractivity contribution is 5.84. The molecule has 0 fully saturated rings. The SMILES string of the molecule is Cc1cc(-c2ccc3c(c2)-c2ccccc2C3(C)C)nc(-c2ccccc2)n1. The maximum Gasteiger partial charge on any atom is 0.160 e. The molecule has 3 aromatic carbocycles. The molecule has 1 heterocycles. The summed E-state index contributed by atoms with van der Waals surface area (Å²) in [4.78, 5) is 9.53. The second-order valence-electron chi connectivity index (χ2n) is 8.02. The van der Waals surface area contributed by atoms with Crippen LogP contribution in [0.15, 0.2) is 78.9 Å². The first-order valence-electron chi connectivity index (χ1n) is 9.70. The molecule has 1 aliphatic rings.